The van der Waals surface area contributed by atoms with Crippen LogP contribution in [0.3, 0.4) is 0 Å². The number of guanidine groups is 1. The third-order valence-electron chi connectivity index (χ3n) is 2.45. The van der Waals surface area contributed by atoms with Gasteiger partial charge in [-0.1, -0.05) is 6.92 Å². The van der Waals surface area contributed by atoms with E-state index in [-0.39, 0.29) is 5.54 Å². The van der Waals surface area contributed by atoms with Crippen molar-refractivity contribution in [2.75, 3.05) is 0 Å². The lowest BCUT2D eigenvalue weighted by Crippen LogP contribution is -2.43. The quantitative estimate of drug-likeness (QED) is 0.230. The Morgan fingerprint density at radius 2 is 2.27 bits per heavy atom. The van der Waals surface area contributed by atoms with Gasteiger partial charge in [-0.05, 0) is 25.7 Å². The normalized spacial score (nSPS) is 22.5. The molecule has 0 amide bonds. The van der Waals surface area contributed by atoms with E-state index >= 15 is 0 Å². The summed E-state index contributed by atoms with van der Waals surface area (Å²) in [5.41, 5.74) is 7.92. The van der Waals surface area contributed by atoms with E-state index in [1.54, 1.807) is 0 Å². The third-order valence-corrected chi connectivity index (χ3v) is 2.45. The molecule has 4 nitrogen and oxygen atoms in total. The number of rotatable bonds is 2. The maximum atomic E-state index is 5.46. The number of nitrogens with two attached hydrogens (primary N) is 2. The number of nitrogens with zero attached hydrogens (tertiary/aromatic N) is 1. The molecule has 1 aliphatic rings. The predicted octanol–water partition coefficient (Wildman–Crippen LogP) is 0.0971. The lowest BCUT2D eigenvalue weighted by atomic mass is 9.75. The van der Waals surface area contributed by atoms with Crippen molar-refractivity contribution in [1.82, 2.24) is 5.43 Å². The molecule has 0 aliphatic heterocycles. The zero-order valence-corrected chi connectivity index (χ0v) is 6.93. The molecule has 5 N–H and O–H groups in total. The first-order valence-corrected chi connectivity index (χ1v) is 4.04. The molecule has 0 bridgehead atoms. The van der Waals surface area contributed by atoms with Gasteiger partial charge in [-0.25, -0.2) is 10.8 Å². The van der Waals surface area contributed by atoms with E-state index < -0.39 is 0 Å². The van der Waals surface area contributed by atoms with Gasteiger partial charge in [0.1, 0.15) is 0 Å². The van der Waals surface area contributed by atoms with Crippen molar-refractivity contribution in [3.05, 3.63) is 0 Å². The van der Waals surface area contributed by atoms with E-state index in [0.717, 1.165) is 19.3 Å². The minimum Gasteiger partial charge on any atom is -0.369 e. The molecule has 1 fully saturated rings. The summed E-state index contributed by atoms with van der Waals surface area (Å²) in [6, 6.07) is 0. The van der Waals surface area contributed by atoms with Crippen LogP contribution in [-0.2, 0) is 0 Å². The Hall–Kier alpha value is -0.770. The number of nitrogens with one attached hydrogen (secondary N) is 1. The van der Waals surface area contributed by atoms with Crippen LogP contribution < -0.4 is 17.0 Å². The molecular formula is C7H16N4. The zero-order valence-electron chi connectivity index (χ0n) is 6.93. The summed E-state index contributed by atoms with van der Waals surface area (Å²) in [5, 5.41) is 0. The second-order valence-corrected chi connectivity index (χ2v) is 3.07. The van der Waals surface area contributed by atoms with Gasteiger partial charge in [-0.3, -0.25) is 5.43 Å². The highest BCUT2D eigenvalue weighted by molar-refractivity contribution is 5.77. The summed E-state index contributed by atoms with van der Waals surface area (Å²) in [7, 11) is 0. The van der Waals surface area contributed by atoms with E-state index in [9.17, 15) is 0 Å². The molecular weight excluding hydrogens is 140 g/mol. The van der Waals surface area contributed by atoms with Gasteiger partial charge in [0.25, 0.3) is 0 Å². The molecule has 0 saturated heterocycles. The third kappa shape index (κ3) is 1.63. The minimum absolute atomic E-state index is 0.108. The fraction of sp³-hybridized carbons (Fsp3) is 0.857. The highest BCUT2D eigenvalue weighted by Crippen LogP contribution is 2.38. The van der Waals surface area contributed by atoms with Crippen LogP contribution in [0.1, 0.15) is 32.6 Å². The van der Waals surface area contributed by atoms with Crippen LogP contribution >= 0.6 is 0 Å². The highest BCUT2D eigenvalue weighted by atomic mass is 15.3. The Kier molecular flexibility index (Phi) is 2.34. The monoisotopic (exact) mass is 156 g/mol. The summed E-state index contributed by atoms with van der Waals surface area (Å²) in [4.78, 5) is 4.31. The summed E-state index contributed by atoms with van der Waals surface area (Å²) in [6.07, 6.45) is 4.60. The number of aliphatic imine (C=N–C) groups is 1. The van der Waals surface area contributed by atoms with Gasteiger partial charge in [-0.15, -0.1) is 0 Å². The van der Waals surface area contributed by atoms with Crippen LogP contribution in [0, 0.1) is 0 Å². The van der Waals surface area contributed by atoms with E-state index in [1.165, 1.54) is 6.42 Å². The maximum Gasteiger partial charge on any atom is 0.203 e. The molecule has 0 aromatic carbocycles. The second kappa shape index (κ2) is 3.09. The SMILES string of the molecule is CCC1(N=C(N)NN)CCC1. The van der Waals surface area contributed by atoms with Crippen molar-refractivity contribution in [1.29, 1.82) is 0 Å². The lowest BCUT2D eigenvalue weighted by Gasteiger charge is -2.37. The average molecular weight is 156 g/mol. The molecule has 0 aromatic heterocycles. The molecule has 0 heterocycles. The fourth-order valence-electron chi connectivity index (χ4n) is 1.42. The molecule has 0 aromatic rings. The van der Waals surface area contributed by atoms with Gasteiger partial charge >= 0.3 is 0 Å². The molecule has 0 spiro atoms. The first kappa shape index (κ1) is 8.33. The van der Waals surface area contributed by atoms with E-state index in [4.69, 9.17) is 11.6 Å². The van der Waals surface area contributed by atoms with Crippen molar-refractivity contribution in [2.24, 2.45) is 16.6 Å². The molecule has 1 saturated carbocycles. The first-order valence-electron chi connectivity index (χ1n) is 4.04. The fourth-order valence-corrected chi connectivity index (χ4v) is 1.42. The average Bonchev–Trinajstić information content (AvgIpc) is 1.96. The summed E-state index contributed by atoms with van der Waals surface area (Å²) < 4.78 is 0. The molecule has 0 atom stereocenters. The van der Waals surface area contributed by atoms with Crippen LogP contribution in [0.4, 0.5) is 0 Å². The molecule has 4 heteroatoms. The lowest BCUT2D eigenvalue weighted by molar-refractivity contribution is 0.243. The highest BCUT2D eigenvalue weighted by Gasteiger charge is 2.34. The second-order valence-electron chi connectivity index (χ2n) is 3.07. The van der Waals surface area contributed by atoms with E-state index in [1.807, 2.05) is 0 Å². The number of hydrogen-bond donors (Lipinski definition) is 3. The van der Waals surface area contributed by atoms with Gasteiger partial charge in [0.05, 0.1) is 5.54 Å². The standard InChI is InChI=1S/C7H16N4/c1-2-7(4-3-5-7)10-6(8)11-9/h2-5,9H2,1H3,(H3,8,10,11). The van der Waals surface area contributed by atoms with Crippen LogP contribution in [0.15, 0.2) is 4.99 Å². The predicted molar refractivity (Wildman–Crippen MR) is 45.8 cm³/mol. The minimum atomic E-state index is 0.108. The Morgan fingerprint density at radius 1 is 1.64 bits per heavy atom. The largest absolute Gasteiger partial charge is 0.369 e. The molecule has 1 rings (SSSR count). The number of hydrogen-bond acceptors (Lipinski definition) is 2. The maximum absolute atomic E-state index is 5.46. The summed E-state index contributed by atoms with van der Waals surface area (Å²) in [6.45, 7) is 2.13. The molecule has 1 aliphatic carbocycles. The van der Waals surface area contributed by atoms with Crippen molar-refractivity contribution in [3.63, 3.8) is 0 Å². The molecule has 0 radical (unpaired) electrons. The van der Waals surface area contributed by atoms with Gasteiger partial charge in [0.15, 0.2) is 0 Å². The Labute approximate surface area is 67.0 Å². The van der Waals surface area contributed by atoms with Gasteiger partial charge < -0.3 is 5.73 Å². The molecule has 0 unspecified atom stereocenters. The van der Waals surface area contributed by atoms with Crippen LogP contribution in [0.5, 0.6) is 0 Å². The summed E-state index contributed by atoms with van der Waals surface area (Å²) in [5.74, 6) is 5.46. The number of hydrazine groups is 1. The van der Waals surface area contributed by atoms with Crippen LogP contribution in [-0.4, -0.2) is 11.5 Å². The van der Waals surface area contributed by atoms with Crippen molar-refractivity contribution >= 4 is 5.96 Å². The van der Waals surface area contributed by atoms with E-state index in [2.05, 4.69) is 17.3 Å². The Morgan fingerprint density at radius 3 is 2.55 bits per heavy atom. The topological polar surface area (TPSA) is 76.4 Å². The molecule has 64 valence electrons. The molecule has 11 heavy (non-hydrogen) atoms. The Balaban J connectivity index is 2.56. The smallest absolute Gasteiger partial charge is 0.203 e. The van der Waals surface area contributed by atoms with Gasteiger partial charge in [0, 0.05) is 0 Å². The van der Waals surface area contributed by atoms with Crippen molar-refractivity contribution < 1.29 is 0 Å². The van der Waals surface area contributed by atoms with Crippen LogP contribution in [0.2, 0.25) is 0 Å². The van der Waals surface area contributed by atoms with Gasteiger partial charge in [-0.2, -0.15) is 0 Å². The summed E-state index contributed by atoms with van der Waals surface area (Å²) >= 11 is 0. The van der Waals surface area contributed by atoms with E-state index in [0.29, 0.717) is 5.96 Å². The van der Waals surface area contributed by atoms with Crippen LogP contribution in [0.25, 0.3) is 0 Å². The van der Waals surface area contributed by atoms with Crippen molar-refractivity contribution in [3.8, 4) is 0 Å². The first-order chi connectivity index (χ1) is 5.22. The Bertz CT molecular complexity index is 154. The zero-order chi connectivity index (χ0) is 8.32. The van der Waals surface area contributed by atoms with Crippen molar-refractivity contribution in [2.45, 2.75) is 38.1 Å². The van der Waals surface area contributed by atoms with Gasteiger partial charge in [0.2, 0.25) is 5.96 Å².